The number of hydrogen-bond donors (Lipinski definition) is 3. The molecule has 41 heavy (non-hydrogen) atoms. The van der Waals surface area contributed by atoms with E-state index in [4.69, 9.17) is 22.1 Å². The number of nitrogens with one attached hydrogen (secondary N) is 2. The molecule has 2 aromatic carbocycles. The highest BCUT2D eigenvalue weighted by Gasteiger charge is 2.30. The first-order valence-corrected chi connectivity index (χ1v) is 14.1. The number of unbranched alkanes of at least 4 members (excludes halogenated alkanes) is 1. The molecular formula is C25H25ClF3N7O4S. The molecule has 4 N–H and O–H groups in total. The zero-order chi connectivity index (χ0) is 29.6. The molecule has 0 aliphatic rings. The van der Waals surface area contributed by atoms with Gasteiger partial charge in [0.2, 0.25) is 15.3 Å². The summed E-state index contributed by atoms with van der Waals surface area (Å²) in [5.41, 5.74) is 6.69. The second-order valence-corrected chi connectivity index (χ2v) is 11.0. The summed E-state index contributed by atoms with van der Waals surface area (Å²) in [5.74, 6) is 0.195. The summed E-state index contributed by atoms with van der Waals surface area (Å²) in [7, 11) is -3.97. The summed E-state index contributed by atoms with van der Waals surface area (Å²) in [5, 5.41) is 2.61. The second-order valence-electron chi connectivity index (χ2n) is 8.85. The molecule has 0 bridgehead atoms. The molecule has 4 aromatic rings. The Morgan fingerprint density at radius 3 is 2.54 bits per heavy atom. The lowest BCUT2D eigenvalue weighted by Crippen LogP contribution is -2.25. The van der Waals surface area contributed by atoms with E-state index in [2.05, 4.69) is 25.0 Å². The van der Waals surface area contributed by atoms with Gasteiger partial charge in [-0.25, -0.2) is 22.9 Å². The summed E-state index contributed by atoms with van der Waals surface area (Å²) in [6.45, 7) is 0.515. The molecule has 2 heterocycles. The highest BCUT2D eigenvalue weighted by molar-refractivity contribution is 7.89. The van der Waals surface area contributed by atoms with Gasteiger partial charge in [0.25, 0.3) is 0 Å². The van der Waals surface area contributed by atoms with Crippen LogP contribution in [0.2, 0.25) is 5.28 Å². The Labute approximate surface area is 238 Å². The number of nitrogen functional groups attached to an aromatic ring is 1. The van der Waals surface area contributed by atoms with E-state index in [-0.39, 0.29) is 41.3 Å². The number of sulfonamides is 1. The van der Waals surface area contributed by atoms with Crippen LogP contribution in [0.5, 0.6) is 0 Å². The van der Waals surface area contributed by atoms with Crippen molar-refractivity contribution in [2.45, 2.75) is 43.5 Å². The number of fused-ring (bicyclic) bond motifs is 1. The van der Waals surface area contributed by atoms with Gasteiger partial charge in [-0.3, -0.25) is 0 Å². The van der Waals surface area contributed by atoms with E-state index in [1.165, 1.54) is 36.4 Å². The summed E-state index contributed by atoms with van der Waals surface area (Å²) in [4.78, 5) is 24.1. The Bertz CT molecular complexity index is 1630. The van der Waals surface area contributed by atoms with Gasteiger partial charge in [0, 0.05) is 19.6 Å². The molecule has 0 radical (unpaired) electrons. The molecule has 0 aliphatic carbocycles. The summed E-state index contributed by atoms with van der Waals surface area (Å²) < 4.78 is 73.0. The van der Waals surface area contributed by atoms with Crippen molar-refractivity contribution >= 4 is 44.7 Å². The summed E-state index contributed by atoms with van der Waals surface area (Å²) >= 11 is 5.86. The van der Waals surface area contributed by atoms with Crippen molar-refractivity contribution in [1.29, 1.82) is 0 Å². The highest BCUT2D eigenvalue weighted by atomic mass is 35.5. The quantitative estimate of drug-likeness (QED) is 0.168. The van der Waals surface area contributed by atoms with E-state index >= 15 is 0 Å². The smallest absolute Gasteiger partial charge is 0.416 e. The number of alkyl halides is 3. The molecule has 0 saturated heterocycles. The number of halogens is 4. The van der Waals surface area contributed by atoms with Crippen LogP contribution in [0.3, 0.4) is 0 Å². The lowest BCUT2D eigenvalue weighted by Gasteiger charge is -2.11. The number of ether oxygens (including phenoxy) is 1. The molecular weight excluding hydrogens is 587 g/mol. The fourth-order valence-electron chi connectivity index (χ4n) is 3.78. The number of nitrogens with two attached hydrogens (primary N) is 1. The number of anilines is 1. The van der Waals surface area contributed by atoms with Crippen LogP contribution in [0.4, 0.5) is 23.8 Å². The minimum absolute atomic E-state index is 0.0266. The third-order valence-electron chi connectivity index (χ3n) is 5.88. The Kier molecular flexibility index (Phi) is 9.30. The Morgan fingerprint density at radius 2 is 1.80 bits per heavy atom. The summed E-state index contributed by atoms with van der Waals surface area (Å²) in [6, 6.07) is 10.1. The maximum Gasteiger partial charge on any atom is 0.416 e. The fourth-order valence-corrected chi connectivity index (χ4v) is 4.97. The largest absolute Gasteiger partial charge is 0.450 e. The van der Waals surface area contributed by atoms with Crippen molar-refractivity contribution in [1.82, 2.24) is 29.6 Å². The number of aromatic nitrogens is 4. The first kappa shape index (κ1) is 30.0. The van der Waals surface area contributed by atoms with E-state index in [0.717, 1.165) is 12.1 Å². The maximum absolute atomic E-state index is 12.9. The van der Waals surface area contributed by atoms with Crippen LogP contribution in [0.25, 0.3) is 11.2 Å². The van der Waals surface area contributed by atoms with Crippen molar-refractivity contribution in [2.75, 3.05) is 12.3 Å². The van der Waals surface area contributed by atoms with Gasteiger partial charge in [0.1, 0.15) is 5.52 Å². The Hall–Kier alpha value is -3.95. The van der Waals surface area contributed by atoms with E-state index in [1.54, 1.807) is 10.9 Å². The van der Waals surface area contributed by atoms with Gasteiger partial charge >= 0.3 is 12.3 Å². The average Bonchev–Trinajstić information content (AvgIpc) is 3.33. The van der Waals surface area contributed by atoms with Gasteiger partial charge in [0.05, 0.1) is 23.4 Å². The number of rotatable bonds is 11. The third-order valence-corrected chi connectivity index (χ3v) is 7.47. The van der Waals surface area contributed by atoms with Crippen LogP contribution in [0.1, 0.15) is 29.5 Å². The fraction of sp³-hybridized carbons (Fsp3) is 0.280. The predicted octanol–water partition coefficient (Wildman–Crippen LogP) is 4.27. The minimum Gasteiger partial charge on any atom is -0.450 e. The van der Waals surface area contributed by atoms with Crippen LogP contribution >= 0.6 is 11.6 Å². The van der Waals surface area contributed by atoms with Crippen LogP contribution in [-0.4, -0.2) is 40.6 Å². The molecule has 16 heteroatoms. The minimum atomic E-state index is -4.52. The maximum atomic E-state index is 12.9. The highest BCUT2D eigenvalue weighted by Crippen LogP contribution is 2.29. The molecule has 1 amide bonds. The molecule has 0 saturated carbocycles. The van der Waals surface area contributed by atoms with Gasteiger partial charge in [-0.05, 0) is 53.8 Å². The van der Waals surface area contributed by atoms with Crippen LogP contribution in [0.15, 0.2) is 59.8 Å². The normalized spacial score (nSPS) is 12.0. The van der Waals surface area contributed by atoms with Gasteiger partial charge < -0.3 is 20.4 Å². The Morgan fingerprint density at radius 1 is 1.05 bits per heavy atom. The molecule has 0 atom stereocenters. The Balaban J connectivity index is 1.18. The average molecular weight is 612 g/mol. The van der Waals surface area contributed by atoms with Gasteiger partial charge in [0.15, 0.2) is 11.5 Å². The number of nitrogens with zero attached hydrogens (tertiary/aromatic N) is 4. The monoisotopic (exact) mass is 611 g/mol. The number of benzene rings is 2. The zero-order valence-electron chi connectivity index (χ0n) is 21.4. The van der Waals surface area contributed by atoms with Crippen LogP contribution < -0.4 is 15.8 Å². The molecule has 0 aliphatic heterocycles. The number of hydrogen-bond acceptors (Lipinski definition) is 8. The first-order valence-electron chi connectivity index (χ1n) is 12.2. The molecule has 4 rings (SSSR count). The first-order chi connectivity index (χ1) is 19.4. The van der Waals surface area contributed by atoms with Crippen molar-refractivity contribution in [3.05, 3.63) is 76.8 Å². The van der Waals surface area contributed by atoms with Gasteiger partial charge in [-0.15, -0.1) is 0 Å². The predicted molar refractivity (Wildman–Crippen MR) is 144 cm³/mol. The van der Waals surface area contributed by atoms with E-state index in [1.807, 2.05) is 0 Å². The van der Waals surface area contributed by atoms with Gasteiger partial charge in [-0.1, -0.05) is 30.3 Å². The molecule has 0 spiro atoms. The van der Waals surface area contributed by atoms with E-state index < -0.39 is 27.9 Å². The van der Waals surface area contributed by atoms with Crippen molar-refractivity contribution in [2.24, 2.45) is 0 Å². The number of imidazole rings is 1. The van der Waals surface area contributed by atoms with E-state index in [9.17, 15) is 26.4 Å². The van der Waals surface area contributed by atoms with Crippen molar-refractivity contribution in [3.63, 3.8) is 0 Å². The SMILES string of the molecule is Nc1nc(Cl)nc2c1ncn2CCCCOC(=O)NCc1ccc(S(=O)(=O)NCc2cccc(C(F)(F)F)c2)cc1. The van der Waals surface area contributed by atoms with Crippen molar-refractivity contribution in [3.8, 4) is 0 Å². The second kappa shape index (κ2) is 12.7. The number of aryl methyl sites for hydroxylation is 1. The standard InChI is InChI=1S/C25H25ClF3N7O4S/c26-23-34-21(30)20-22(35-23)36(15-32-20)10-1-2-11-40-24(37)31-13-16-6-8-19(9-7-16)41(38,39)33-14-17-4-3-5-18(12-17)25(27,28)29/h3-9,12,15,33H,1-2,10-11,13-14H2,(H,31,37)(H2,30,34,35). The lowest BCUT2D eigenvalue weighted by molar-refractivity contribution is -0.137. The van der Waals surface area contributed by atoms with E-state index in [0.29, 0.717) is 36.1 Å². The number of alkyl carbamates (subject to hydrolysis) is 1. The molecule has 0 unspecified atom stereocenters. The zero-order valence-corrected chi connectivity index (χ0v) is 22.9. The van der Waals surface area contributed by atoms with Crippen LogP contribution in [0, 0.1) is 0 Å². The number of amides is 1. The molecule has 218 valence electrons. The molecule has 11 nitrogen and oxygen atoms in total. The topological polar surface area (TPSA) is 154 Å². The number of carbonyl (C=O) groups excluding carboxylic acids is 1. The molecule has 2 aromatic heterocycles. The van der Waals surface area contributed by atoms with Crippen molar-refractivity contribution < 1.29 is 31.1 Å². The number of carbonyl (C=O) groups is 1. The third kappa shape index (κ3) is 8.05. The van der Waals surface area contributed by atoms with Gasteiger partial charge in [-0.2, -0.15) is 23.1 Å². The summed E-state index contributed by atoms with van der Waals surface area (Å²) in [6.07, 6.45) is -2.34. The molecule has 0 fully saturated rings. The van der Waals surface area contributed by atoms with Crippen LogP contribution in [-0.2, 0) is 40.6 Å². The lowest BCUT2D eigenvalue weighted by atomic mass is 10.1.